The molecule has 0 saturated carbocycles. The zero-order chi connectivity index (χ0) is 19.3. The van der Waals surface area contributed by atoms with Gasteiger partial charge in [-0.25, -0.2) is 0 Å². The molecule has 0 spiro atoms. The van der Waals surface area contributed by atoms with E-state index in [-0.39, 0.29) is 0 Å². The fourth-order valence-corrected chi connectivity index (χ4v) is 2.72. The van der Waals surface area contributed by atoms with Gasteiger partial charge in [-0.05, 0) is 30.5 Å². The van der Waals surface area contributed by atoms with E-state index in [1.165, 1.54) is 70.6 Å². The number of hydrogen-bond acceptors (Lipinski definition) is 4. The topological polar surface area (TPSA) is 76.0 Å². The Morgan fingerprint density at radius 3 is 1.88 bits per heavy atom. The van der Waals surface area contributed by atoms with Gasteiger partial charge in [0.25, 0.3) is 0 Å². The third kappa shape index (κ3) is 18.8. The zero-order valence-corrected chi connectivity index (χ0v) is 17.0. The van der Waals surface area contributed by atoms with Crippen molar-refractivity contribution in [2.75, 3.05) is 0 Å². The number of carboxylic acid groups (broad SMARTS) is 1. The Balaban J connectivity index is 0.000000541. The van der Waals surface area contributed by atoms with Crippen LogP contribution in [0.1, 0.15) is 109 Å². The highest BCUT2D eigenvalue weighted by Gasteiger charge is 1.96. The van der Waals surface area contributed by atoms with Crippen LogP contribution in [-0.2, 0) is 11.2 Å². The van der Waals surface area contributed by atoms with Crippen molar-refractivity contribution in [3.63, 3.8) is 0 Å². The average Bonchev–Trinajstić information content (AvgIpc) is 2.65. The monoisotopic (exact) mass is 365 g/mol. The smallest absolute Gasteiger partial charge is 0.303 e. The molecule has 5 heteroatoms. The van der Waals surface area contributed by atoms with E-state index in [9.17, 15) is 4.79 Å². The van der Waals surface area contributed by atoms with Gasteiger partial charge < -0.3 is 5.11 Å². The molecule has 0 bridgehead atoms. The van der Waals surface area contributed by atoms with E-state index in [0.717, 1.165) is 25.0 Å². The Morgan fingerprint density at radius 2 is 1.38 bits per heavy atom. The summed E-state index contributed by atoms with van der Waals surface area (Å²) in [6.45, 7) is 4.41. The molecule has 1 aromatic heterocycles. The molecule has 0 fully saturated rings. The molecule has 1 aromatic rings. The molecule has 0 aromatic carbocycles. The summed E-state index contributed by atoms with van der Waals surface area (Å²) in [5, 5.41) is 19.5. The number of aryl methyl sites for hydroxylation is 1. The van der Waals surface area contributed by atoms with E-state index in [1.807, 2.05) is 6.07 Å². The van der Waals surface area contributed by atoms with Gasteiger partial charge in [0.2, 0.25) is 0 Å². The fourth-order valence-electron chi connectivity index (χ4n) is 2.72. The SMILES string of the molecule is CCCCCCCC(=O)O.CCCCCCCCCCc1ccnnn1. The standard InChI is InChI=1S/C13H23N3.C8H16O2/c1-2-3-4-5-6-7-8-9-10-13-11-12-14-16-15-13;1-2-3-4-5-6-7-8(9)10/h11-12H,2-10H2,1H3;2-7H2,1H3,(H,9,10). The summed E-state index contributed by atoms with van der Waals surface area (Å²) < 4.78 is 0. The fraction of sp³-hybridized carbons (Fsp3) is 0.810. The van der Waals surface area contributed by atoms with Crippen molar-refractivity contribution in [1.29, 1.82) is 0 Å². The van der Waals surface area contributed by atoms with E-state index in [4.69, 9.17) is 5.11 Å². The van der Waals surface area contributed by atoms with E-state index in [0.29, 0.717) is 6.42 Å². The molecule has 0 radical (unpaired) electrons. The van der Waals surface area contributed by atoms with Gasteiger partial charge >= 0.3 is 5.97 Å². The van der Waals surface area contributed by atoms with E-state index in [1.54, 1.807) is 6.20 Å². The first-order valence-electron chi connectivity index (χ1n) is 10.6. The molecule has 150 valence electrons. The van der Waals surface area contributed by atoms with Crippen molar-refractivity contribution in [2.24, 2.45) is 0 Å². The number of unbranched alkanes of at least 4 members (excludes halogenated alkanes) is 11. The highest BCUT2D eigenvalue weighted by atomic mass is 16.4. The van der Waals surface area contributed by atoms with E-state index < -0.39 is 5.97 Å². The molecule has 0 saturated heterocycles. The second-order valence-corrected chi connectivity index (χ2v) is 6.89. The van der Waals surface area contributed by atoms with Crippen LogP contribution in [0, 0.1) is 0 Å². The number of aromatic nitrogens is 3. The van der Waals surface area contributed by atoms with Crippen molar-refractivity contribution in [3.05, 3.63) is 18.0 Å². The molecule has 0 atom stereocenters. The van der Waals surface area contributed by atoms with Crippen LogP contribution in [0.25, 0.3) is 0 Å². The molecule has 0 aliphatic rings. The Hall–Kier alpha value is -1.52. The largest absolute Gasteiger partial charge is 0.481 e. The van der Waals surface area contributed by atoms with Crippen LogP contribution in [-0.4, -0.2) is 26.5 Å². The van der Waals surface area contributed by atoms with Crippen molar-refractivity contribution in [3.8, 4) is 0 Å². The van der Waals surface area contributed by atoms with Crippen molar-refractivity contribution in [2.45, 2.75) is 110 Å². The molecule has 0 aliphatic heterocycles. The van der Waals surface area contributed by atoms with Gasteiger partial charge in [-0.2, -0.15) is 0 Å². The molecule has 0 aliphatic carbocycles. The highest BCUT2D eigenvalue weighted by Crippen LogP contribution is 2.09. The normalized spacial score (nSPS) is 10.2. The van der Waals surface area contributed by atoms with E-state index >= 15 is 0 Å². The Bertz CT molecular complexity index is 413. The maximum atomic E-state index is 10.0. The van der Waals surface area contributed by atoms with E-state index in [2.05, 4.69) is 29.3 Å². The summed E-state index contributed by atoms with van der Waals surface area (Å²) in [7, 11) is 0. The number of nitrogens with zero attached hydrogens (tertiary/aromatic N) is 3. The van der Waals surface area contributed by atoms with Crippen LogP contribution in [0.3, 0.4) is 0 Å². The molecular formula is C21H39N3O2. The lowest BCUT2D eigenvalue weighted by molar-refractivity contribution is -0.137. The maximum absolute atomic E-state index is 10.0. The molecule has 1 rings (SSSR count). The van der Waals surface area contributed by atoms with Gasteiger partial charge in [-0.1, -0.05) is 84.5 Å². The lowest BCUT2D eigenvalue weighted by Crippen LogP contribution is -1.94. The predicted octanol–water partition coefficient (Wildman–Crippen LogP) is 5.99. The quantitative estimate of drug-likeness (QED) is 0.386. The number of carboxylic acids is 1. The summed E-state index contributed by atoms with van der Waals surface area (Å²) in [6.07, 6.45) is 19.5. The van der Waals surface area contributed by atoms with Crippen molar-refractivity contribution in [1.82, 2.24) is 15.4 Å². The Kier molecular flexibility index (Phi) is 18.6. The molecule has 26 heavy (non-hydrogen) atoms. The first-order valence-corrected chi connectivity index (χ1v) is 10.6. The van der Waals surface area contributed by atoms with Gasteiger partial charge in [-0.3, -0.25) is 4.79 Å². The highest BCUT2D eigenvalue weighted by molar-refractivity contribution is 5.66. The number of hydrogen-bond donors (Lipinski definition) is 1. The molecule has 1 N–H and O–H groups in total. The molecule has 1 heterocycles. The number of aliphatic carboxylic acids is 1. The van der Waals surface area contributed by atoms with Crippen LogP contribution in [0.15, 0.2) is 12.3 Å². The summed E-state index contributed by atoms with van der Waals surface area (Å²) >= 11 is 0. The summed E-state index contributed by atoms with van der Waals surface area (Å²) in [4.78, 5) is 10.0. The van der Waals surface area contributed by atoms with Crippen molar-refractivity contribution >= 4 is 5.97 Å². The second-order valence-electron chi connectivity index (χ2n) is 6.89. The van der Waals surface area contributed by atoms with Crippen LogP contribution in [0.5, 0.6) is 0 Å². The van der Waals surface area contributed by atoms with Crippen LogP contribution >= 0.6 is 0 Å². The maximum Gasteiger partial charge on any atom is 0.303 e. The number of rotatable bonds is 15. The molecule has 5 nitrogen and oxygen atoms in total. The summed E-state index contributed by atoms with van der Waals surface area (Å²) in [5.74, 6) is -0.670. The summed E-state index contributed by atoms with van der Waals surface area (Å²) in [5.41, 5.74) is 1.07. The Morgan fingerprint density at radius 1 is 0.846 bits per heavy atom. The first-order chi connectivity index (χ1) is 12.7. The Labute approximate surface area is 160 Å². The molecule has 0 unspecified atom stereocenters. The van der Waals surface area contributed by atoms with Gasteiger partial charge in [0.1, 0.15) is 0 Å². The van der Waals surface area contributed by atoms with Crippen LogP contribution in [0.4, 0.5) is 0 Å². The zero-order valence-electron chi connectivity index (χ0n) is 17.0. The minimum absolute atomic E-state index is 0.337. The van der Waals surface area contributed by atoms with Gasteiger partial charge in [0.05, 0.1) is 11.9 Å². The lowest BCUT2D eigenvalue weighted by Gasteiger charge is -2.01. The predicted molar refractivity (Wildman–Crippen MR) is 107 cm³/mol. The minimum atomic E-state index is -0.670. The number of carbonyl (C=O) groups is 1. The molecular weight excluding hydrogens is 326 g/mol. The summed E-state index contributed by atoms with van der Waals surface area (Å²) in [6, 6.07) is 1.95. The van der Waals surface area contributed by atoms with Gasteiger partial charge in [-0.15, -0.1) is 10.2 Å². The van der Waals surface area contributed by atoms with Gasteiger partial charge in [0.15, 0.2) is 0 Å². The van der Waals surface area contributed by atoms with Crippen molar-refractivity contribution < 1.29 is 9.90 Å². The third-order valence-electron chi connectivity index (χ3n) is 4.34. The third-order valence-corrected chi connectivity index (χ3v) is 4.34. The average molecular weight is 366 g/mol. The molecule has 0 amide bonds. The lowest BCUT2D eigenvalue weighted by atomic mass is 10.1. The van der Waals surface area contributed by atoms with Gasteiger partial charge in [0, 0.05) is 6.42 Å². The van der Waals surface area contributed by atoms with Crippen LogP contribution in [0.2, 0.25) is 0 Å². The minimum Gasteiger partial charge on any atom is -0.481 e. The first kappa shape index (κ1) is 24.5. The van der Waals surface area contributed by atoms with Crippen LogP contribution < -0.4 is 0 Å². The second kappa shape index (κ2) is 19.8.